The molecule has 0 unspecified atom stereocenters. The number of phenols is 1. The van der Waals surface area contributed by atoms with E-state index in [2.05, 4.69) is 10.2 Å². The zero-order chi connectivity index (χ0) is 22.0. The highest BCUT2D eigenvalue weighted by atomic mass is 32.2. The van der Waals surface area contributed by atoms with Crippen molar-refractivity contribution >= 4 is 22.3 Å². The van der Waals surface area contributed by atoms with Gasteiger partial charge >= 0.3 is 0 Å². The lowest BCUT2D eigenvalue weighted by Crippen LogP contribution is -2.27. The molecule has 0 aliphatic heterocycles. The summed E-state index contributed by atoms with van der Waals surface area (Å²) < 4.78 is 39.5. The Morgan fingerprint density at radius 1 is 1.14 bits per heavy atom. The number of rotatable bonds is 5. The summed E-state index contributed by atoms with van der Waals surface area (Å²) in [5.41, 5.74) is 8.32. The van der Waals surface area contributed by atoms with E-state index in [0.29, 0.717) is 5.56 Å². The number of nitrogens with one attached hydrogen (secondary N) is 1. The van der Waals surface area contributed by atoms with E-state index in [1.54, 1.807) is 29.7 Å². The second-order valence-electron chi connectivity index (χ2n) is 5.40. The van der Waals surface area contributed by atoms with Crippen molar-refractivity contribution in [1.29, 1.82) is 0 Å². The predicted molar refractivity (Wildman–Crippen MR) is 106 cm³/mol. The molecule has 0 heterocycles. The van der Waals surface area contributed by atoms with Gasteiger partial charge in [-0.1, -0.05) is 17.7 Å². The van der Waals surface area contributed by atoms with Gasteiger partial charge in [-0.3, -0.25) is 9.76 Å². The van der Waals surface area contributed by atoms with Crippen molar-refractivity contribution in [2.75, 3.05) is 14.2 Å². The quantitative estimate of drug-likeness (QED) is 0.204. The van der Waals surface area contributed by atoms with Crippen molar-refractivity contribution in [2.45, 2.75) is 11.8 Å². The number of nitrogens with two attached hydrogens (primary N) is 1. The number of aryl methyl sites for hydroxylation is 1. The fraction of sp³-hybridized carbons (Fsp3) is 0.176. The molecular formula is C17H22N4O7S. The average molecular weight is 426 g/mol. The minimum Gasteiger partial charge on any atom is -0.502 e. The highest BCUT2D eigenvalue weighted by Gasteiger charge is 2.10. The lowest BCUT2D eigenvalue weighted by molar-refractivity contribution is 0.232. The Kier molecular flexibility index (Phi) is 8.86. The van der Waals surface area contributed by atoms with Gasteiger partial charge in [0.05, 0.1) is 25.3 Å². The van der Waals surface area contributed by atoms with E-state index in [0.717, 1.165) is 5.56 Å². The van der Waals surface area contributed by atoms with E-state index in [4.69, 9.17) is 25.0 Å². The summed E-state index contributed by atoms with van der Waals surface area (Å²) in [5.74, 6) is 0.141. The van der Waals surface area contributed by atoms with Crippen molar-refractivity contribution in [2.24, 2.45) is 15.9 Å². The van der Waals surface area contributed by atoms with Crippen LogP contribution in [0.4, 0.5) is 0 Å². The highest BCUT2D eigenvalue weighted by Crippen LogP contribution is 2.36. The number of hydrogen-bond acceptors (Lipinski definition) is 8. The largest absolute Gasteiger partial charge is 0.502 e. The molecule has 0 aromatic heterocycles. The van der Waals surface area contributed by atoms with Gasteiger partial charge in [0.1, 0.15) is 0 Å². The second kappa shape index (κ2) is 10.8. The molecule has 2 aromatic rings. The molecule has 11 nitrogen and oxygen atoms in total. The molecule has 0 radical (unpaired) electrons. The molecule has 0 saturated carbocycles. The Balaban J connectivity index is 0.000000326. The average Bonchev–Trinajstić information content (AvgIpc) is 2.68. The first-order chi connectivity index (χ1) is 13.6. The molecule has 0 spiro atoms. The third kappa shape index (κ3) is 7.65. The van der Waals surface area contributed by atoms with Crippen LogP contribution in [0.2, 0.25) is 0 Å². The van der Waals surface area contributed by atoms with Crippen LogP contribution in [0.15, 0.2) is 51.5 Å². The molecular weight excluding hydrogens is 404 g/mol. The van der Waals surface area contributed by atoms with Crippen molar-refractivity contribution in [3.05, 3.63) is 47.5 Å². The maximum Gasteiger partial charge on any atom is 0.294 e. The molecule has 0 atom stereocenters. The van der Waals surface area contributed by atoms with Crippen LogP contribution in [0.3, 0.4) is 0 Å². The van der Waals surface area contributed by atoms with E-state index in [-0.39, 0.29) is 28.1 Å². The molecule has 0 bridgehead atoms. The number of ether oxygens (including phenoxy) is 2. The van der Waals surface area contributed by atoms with E-state index in [1.807, 2.05) is 6.92 Å². The molecule has 0 amide bonds. The zero-order valence-electron chi connectivity index (χ0n) is 15.9. The number of benzene rings is 2. The van der Waals surface area contributed by atoms with Gasteiger partial charge in [-0.2, -0.15) is 13.5 Å². The van der Waals surface area contributed by atoms with Gasteiger partial charge in [0.25, 0.3) is 10.1 Å². The van der Waals surface area contributed by atoms with Crippen molar-refractivity contribution in [1.82, 2.24) is 5.48 Å². The number of guanidine groups is 1. The summed E-state index contributed by atoms with van der Waals surface area (Å²) in [4.78, 5) is -0.0666. The Bertz CT molecular complexity index is 949. The van der Waals surface area contributed by atoms with E-state index < -0.39 is 10.1 Å². The highest BCUT2D eigenvalue weighted by molar-refractivity contribution is 7.85. The lowest BCUT2D eigenvalue weighted by atomic mass is 10.2. The van der Waals surface area contributed by atoms with Gasteiger partial charge < -0.3 is 20.3 Å². The van der Waals surface area contributed by atoms with Crippen LogP contribution in [0.5, 0.6) is 17.2 Å². The molecule has 0 aliphatic rings. The Hall–Kier alpha value is -3.35. The van der Waals surface area contributed by atoms with E-state index in [1.165, 1.54) is 32.6 Å². The number of aromatic hydroxyl groups is 1. The maximum absolute atomic E-state index is 10.5. The maximum atomic E-state index is 10.5. The van der Waals surface area contributed by atoms with Crippen molar-refractivity contribution in [3.8, 4) is 17.2 Å². The van der Waals surface area contributed by atoms with Crippen molar-refractivity contribution in [3.63, 3.8) is 0 Å². The number of nitrogens with zero attached hydrogens (tertiary/aromatic N) is 2. The van der Waals surface area contributed by atoms with Gasteiger partial charge in [-0.15, -0.1) is 5.10 Å². The molecule has 2 rings (SSSR count). The van der Waals surface area contributed by atoms with Crippen LogP contribution >= 0.6 is 0 Å². The van der Waals surface area contributed by atoms with Crippen LogP contribution in [0, 0.1) is 6.92 Å². The van der Waals surface area contributed by atoms with Crippen molar-refractivity contribution < 1.29 is 32.8 Å². The van der Waals surface area contributed by atoms with Gasteiger partial charge in [-0.05, 0) is 31.2 Å². The topological polar surface area (TPSA) is 176 Å². The standard InChI is InChI=1S/C10H14N4O4.C7H8O3S/c1-17-7-3-6(4-8(18-2)9(7)15)5-12-13-10(11)14-16;1-6-2-4-7(5-3-6)11(8,9)10/h3-5,15-16H,1-2H3,(H3,11,13,14);2-5H,1H3,(H,8,9,10). The first-order valence-electron chi connectivity index (χ1n) is 7.88. The third-order valence-corrected chi connectivity index (χ3v) is 4.18. The van der Waals surface area contributed by atoms with Crippen LogP contribution < -0.4 is 20.7 Å². The summed E-state index contributed by atoms with van der Waals surface area (Å²) in [6, 6.07) is 9.07. The van der Waals surface area contributed by atoms with E-state index >= 15 is 0 Å². The smallest absolute Gasteiger partial charge is 0.294 e. The molecule has 0 aliphatic carbocycles. The molecule has 0 saturated heterocycles. The SMILES string of the molecule is COc1cc(C=NN=C(N)NO)cc(OC)c1O.Cc1ccc(S(=O)(=O)O)cc1. The van der Waals surface area contributed by atoms with Crippen LogP contribution in [0.25, 0.3) is 0 Å². The fourth-order valence-electron chi connectivity index (χ4n) is 1.88. The van der Waals surface area contributed by atoms with Crippen LogP contribution in [-0.4, -0.2) is 49.7 Å². The van der Waals surface area contributed by atoms with Crippen LogP contribution in [-0.2, 0) is 10.1 Å². The van der Waals surface area contributed by atoms with Gasteiger partial charge in [0.2, 0.25) is 11.7 Å². The molecule has 6 N–H and O–H groups in total. The third-order valence-electron chi connectivity index (χ3n) is 3.31. The van der Waals surface area contributed by atoms with Gasteiger partial charge in [-0.25, -0.2) is 5.48 Å². The van der Waals surface area contributed by atoms with Crippen LogP contribution in [0.1, 0.15) is 11.1 Å². The minimum absolute atomic E-state index is 0.0666. The summed E-state index contributed by atoms with van der Waals surface area (Å²) in [6.45, 7) is 1.84. The molecule has 158 valence electrons. The van der Waals surface area contributed by atoms with E-state index in [9.17, 15) is 13.5 Å². The fourth-order valence-corrected chi connectivity index (χ4v) is 2.36. The monoisotopic (exact) mass is 426 g/mol. The molecule has 0 fully saturated rings. The number of phenolic OH excluding ortho intramolecular Hbond substituents is 1. The number of hydroxylamine groups is 1. The second-order valence-corrected chi connectivity index (χ2v) is 6.83. The summed E-state index contributed by atoms with van der Waals surface area (Å²) in [6.07, 6.45) is 1.36. The molecule has 29 heavy (non-hydrogen) atoms. The Labute approximate surface area is 167 Å². The van der Waals surface area contributed by atoms with Gasteiger partial charge in [0.15, 0.2) is 11.5 Å². The Morgan fingerprint density at radius 2 is 1.66 bits per heavy atom. The first-order valence-corrected chi connectivity index (χ1v) is 9.32. The predicted octanol–water partition coefficient (Wildman–Crippen LogP) is 1.28. The first kappa shape index (κ1) is 23.7. The lowest BCUT2D eigenvalue weighted by Gasteiger charge is -2.08. The van der Waals surface area contributed by atoms with Gasteiger partial charge in [0, 0.05) is 5.56 Å². The summed E-state index contributed by atoms with van der Waals surface area (Å²) in [7, 11) is -1.18. The Morgan fingerprint density at radius 3 is 2.07 bits per heavy atom. The minimum atomic E-state index is -4.02. The number of hydrogen-bond donors (Lipinski definition) is 5. The zero-order valence-corrected chi connectivity index (χ0v) is 16.7. The summed E-state index contributed by atoms with van der Waals surface area (Å²) >= 11 is 0. The molecule has 2 aromatic carbocycles. The number of methoxy groups -OCH3 is 2. The summed E-state index contributed by atoms with van der Waals surface area (Å²) in [5, 5.41) is 25.1. The molecule has 12 heteroatoms. The normalized spacial score (nSPS) is 11.6.